The first-order valence-electron chi connectivity index (χ1n) is 18.5. The lowest BCUT2D eigenvalue weighted by atomic mass is 10.1. The Balaban J connectivity index is 1.74. The molecule has 4 nitrogen and oxygen atoms in total. The summed E-state index contributed by atoms with van der Waals surface area (Å²) in [5, 5.41) is 0. The largest absolute Gasteiger partial charge is 0.380 e. The van der Waals surface area contributed by atoms with Crippen molar-refractivity contribution in [1.29, 1.82) is 0 Å². The number of hydrogen-bond donors (Lipinski definition) is 0. The maximum atomic E-state index is 5.94. The van der Waals surface area contributed by atoms with E-state index in [-0.39, 0.29) is 0 Å². The highest BCUT2D eigenvalue weighted by Gasteiger charge is 2.16. The Kier molecular flexibility index (Phi) is 30.1. The van der Waals surface area contributed by atoms with E-state index in [1.165, 1.54) is 180 Å². The van der Waals surface area contributed by atoms with E-state index in [0.29, 0.717) is 0 Å². The summed E-state index contributed by atoms with van der Waals surface area (Å²) in [6, 6.07) is 0. The second-order valence-electron chi connectivity index (χ2n) is 12.7. The molecular weight excluding hydrogens is 492 g/mol. The van der Waals surface area contributed by atoms with Gasteiger partial charge in [0.2, 0.25) is 0 Å². The van der Waals surface area contributed by atoms with Crippen LogP contribution in [0.2, 0.25) is 0 Å². The standard InChI is InChI=1S/C36H74N2O2/c1-3-5-7-9-11-13-15-17-19-21-23-25-33-39-35-31-37-27-29-38(30-28-37)32-36-40-34-26-24-22-20-18-16-14-12-10-8-6-4-2/h3-36H2,1-2H3. The minimum atomic E-state index is 0.903. The van der Waals surface area contributed by atoms with Gasteiger partial charge < -0.3 is 9.47 Å². The summed E-state index contributed by atoms with van der Waals surface area (Å²) in [6.07, 6.45) is 33.7. The van der Waals surface area contributed by atoms with Gasteiger partial charge in [-0.2, -0.15) is 0 Å². The third-order valence-electron chi connectivity index (χ3n) is 8.85. The van der Waals surface area contributed by atoms with Crippen molar-refractivity contribution in [2.45, 2.75) is 168 Å². The van der Waals surface area contributed by atoms with Crippen molar-refractivity contribution < 1.29 is 9.47 Å². The Labute approximate surface area is 252 Å². The molecule has 1 saturated heterocycles. The van der Waals surface area contributed by atoms with Crippen LogP contribution < -0.4 is 0 Å². The average Bonchev–Trinajstić information content (AvgIpc) is 2.98. The molecule has 0 saturated carbocycles. The molecule has 1 rings (SSSR count). The molecular formula is C36H74N2O2. The first-order chi connectivity index (χ1) is 19.9. The molecule has 0 aromatic heterocycles. The molecule has 0 atom stereocenters. The Morgan fingerprint density at radius 1 is 0.325 bits per heavy atom. The lowest BCUT2D eigenvalue weighted by Crippen LogP contribution is -2.48. The molecule has 0 amide bonds. The van der Waals surface area contributed by atoms with Gasteiger partial charge in [0, 0.05) is 52.5 Å². The Bertz CT molecular complexity index is 426. The molecule has 1 aliphatic rings. The maximum Gasteiger partial charge on any atom is 0.0593 e. The second-order valence-corrected chi connectivity index (χ2v) is 12.7. The summed E-state index contributed by atoms with van der Waals surface area (Å²) >= 11 is 0. The van der Waals surface area contributed by atoms with Crippen molar-refractivity contribution in [3.05, 3.63) is 0 Å². The molecule has 1 aliphatic heterocycles. The molecule has 0 aromatic carbocycles. The van der Waals surface area contributed by atoms with Crippen molar-refractivity contribution in [2.75, 3.05) is 65.7 Å². The Morgan fingerprint density at radius 3 is 0.850 bits per heavy atom. The van der Waals surface area contributed by atoms with Crippen molar-refractivity contribution in [3.8, 4) is 0 Å². The van der Waals surface area contributed by atoms with Gasteiger partial charge in [0.1, 0.15) is 0 Å². The molecule has 1 fully saturated rings. The SMILES string of the molecule is CCCCCCCCCCCCCCOCCN1CCN(CCOCCCCCCCCCCCCCC)CC1. The zero-order chi connectivity index (χ0) is 28.6. The van der Waals surface area contributed by atoms with Crippen molar-refractivity contribution in [1.82, 2.24) is 9.80 Å². The van der Waals surface area contributed by atoms with Crippen LogP contribution in [-0.2, 0) is 9.47 Å². The highest BCUT2D eigenvalue weighted by atomic mass is 16.5. The average molecular weight is 567 g/mol. The summed E-state index contributed by atoms with van der Waals surface area (Å²) in [4.78, 5) is 5.15. The molecule has 1 heterocycles. The summed E-state index contributed by atoms with van der Waals surface area (Å²) in [5.41, 5.74) is 0. The molecule has 0 radical (unpaired) electrons. The van der Waals surface area contributed by atoms with Crippen LogP contribution in [-0.4, -0.2) is 75.5 Å². The smallest absolute Gasteiger partial charge is 0.0593 e. The third-order valence-corrected chi connectivity index (χ3v) is 8.85. The second kappa shape index (κ2) is 31.8. The molecule has 0 unspecified atom stereocenters. The predicted octanol–water partition coefficient (Wildman–Crippen LogP) is 10.0. The summed E-state index contributed by atoms with van der Waals surface area (Å²) in [7, 11) is 0. The van der Waals surface area contributed by atoms with Crippen LogP contribution in [0, 0.1) is 0 Å². The van der Waals surface area contributed by atoms with Gasteiger partial charge in [-0.3, -0.25) is 9.80 Å². The summed E-state index contributed by atoms with van der Waals surface area (Å²) in [6.45, 7) is 15.2. The monoisotopic (exact) mass is 567 g/mol. The highest BCUT2D eigenvalue weighted by Crippen LogP contribution is 2.13. The van der Waals surface area contributed by atoms with Crippen LogP contribution in [0.4, 0.5) is 0 Å². The van der Waals surface area contributed by atoms with E-state index in [1.54, 1.807) is 0 Å². The van der Waals surface area contributed by atoms with E-state index in [1.807, 2.05) is 0 Å². The number of ether oxygens (including phenoxy) is 2. The van der Waals surface area contributed by atoms with Crippen LogP contribution in [0.1, 0.15) is 168 Å². The molecule has 0 aromatic rings. The van der Waals surface area contributed by atoms with Crippen LogP contribution in [0.15, 0.2) is 0 Å². The zero-order valence-corrected chi connectivity index (χ0v) is 27.8. The normalized spacial score (nSPS) is 14.8. The minimum absolute atomic E-state index is 0.903. The van der Waals surface area contributed by atoms with Gasteiger partial charge in [-0.05, 0) is 12.8 Å². The van der Waals surface area contributed by atoms with E-state index in [2.05, 4.69) is 23.6 Å². The Hall–Kier alpha value is -0.160. The van der Waals surface area contributed by atoms with Gasteiger partial charge in [0.15, 0.2) is 0 Å². The molecule has 0 N–H and O–H groups in total. The number of rotatable bonds is 32. The first-order valence-corrected chi connectivity index (χ1v) is 18.5. The van der Waals surface area contributed by atoms with E-state index < -0.39 is 0 Å². The lowest BCUT2D eigenvalue weighted by molar-refractivity contribution is 0.0553. The van der Waals surface area contributed by atoms with Gasteiger partial charge in [0.25, 0.3) is 0 Å². The molecule has 0 bridgehead atoms. The van der Waals surface area contributed by atoms with Gasteiger partial charge in [-0.25, -0.2) is 0 Å². The number of piperazine rings is 1. The Morgan fingerprint density at radius 2 is 0.575 bits per heavy atom. The number of nitrogens with zero attached hydrogens (tertiary/aromatic N) is 2. The van der Waals surface area contributed by atoms with E-state index in [4.69, 9.17) is 9.47 Å². The highest BCUT2D eigenvalue weighted by molar-refractivity contribution is 4.71. The summed E-state index contributed by atoms with van der Waals surface area (Å²) < 4.78 is 11.9. The fraction of sp³-hybridized carbons (Fsp3) is 1.00. The molecule has 0 aliphatic carbocycles. The molecule has 4 heteroatoms. The fourth-order valence-corrected chi connectivity index (χ4v) is 5.92. The molecule has 240 valence electrons. The van der Waals surface area contributed by atoms with E-state index in [0.717, 1.165) is 39.5 Å². The van der Waals surface area contributed by atoms with Crippen molar-refractivity contribution in [2.24, 2.45) is 0 Å². The van der Waals surface area contributed by atoms with Gasteiger partial charge in [-0.1, -0.05) is 155 Å². The van der Waals surface area contributed by atoms with Crippen LogP contribution in [0.5, 0.6) is 0 Å². The van der Waals surface area contributed by atoms with Crippen LogP contribution in [0.3, 0.4) is 0 Å². The quantitative estimate of drug-likeness (QED) is 0.0756. The van der Waals surface area contributed by atoms with Gasteiger partial charge in [0.05, 0.1) is 13.2 Å². The molecule has 40 heavy (non-hydrogen) atoms. The van der Waals surface area contributed by atoms with E-state index >= 15 is 0 Å². The minimum Gasteiger partial charge on any atom is -0.380 e. The van der Waals surface area contributed by atoms with E-state index in [9.17, 15) is 0 Å². The lowest BCUT2D eigenvalue weighted by Gasteiger charge is -2.34. The van der Waals surface area contributed by atoms with Gasteiger partial charge >= 0.3 is 0 Å². The predicted molar refractivity (Wildman–Crippen MR) is 177 cm³/mol. The first kappa shape index (κ1) is 37.9. The summed E-state index contributed by atoms with van der Waals surface area (Å²) in [5.74, 6) is 0. The number of hydrogen-bond acceptors (Lipinski definition) is 4. The van der Waals surface area contributed by atoms with Crippen molar-refractivity contribution >= 4 is 0 Å². The van der Waals surface area contributed by atoms with Crippen molar-refractivity contribution in [3.63, 3.8) is 0 Å². The van der Waals surface area contributed by atoms with Gasteiger partial charge in [-0.15, -0.1) is 0 Å². The number of unbranched alkanes of at least 4 members (excludes halogenated alkanes) is 22. The van der Waals surface area contributed by atoms with Crippen LogP contribution >= 0.6 is 0 Å². The topological polar surface area (TPSA) is 24.9 Å². The fourth-order valence-electron chi connectivity index (χ4n) is 5.92. The zero-order valence-electron chi connectivity index (χ0n) is 27.8. The van der Waals surface area contributed by atoms with Crippen LogP contribution in [0.25, 0.3) is 0 Å². The maximum absolute atomic E-state index is 5.94. The molecule has 0 spiro atoms. The third kappa shape index (κ3) is 26.7.